The molecule has 0 radical (unpaired) electrons. The van der Waals surface area contributed by atoms with Crippen LogP contribution in [0.5, 0.6) is 0 Å². The average Bonchev–Trinajstić information content (AvgIpc) is 2.56. The second-order valence-corrected chi connectivity index (χ2v) is 7.01. The predicted molar refractivity (Wildman–Crippen MR) is 89.3 cm³/mol. The molecule has 0 fully saturated rings. The van der Waals surface area contributed by atoms with Crippen LogP contribution in [0.3, 0.4) is 0 Å². The van der Waals surface area contributed by atoms with E-state index in [1.165, 1.54) is 38.2 Å². The summed E-state index contributed by atoms with van der Waals surface area (Å²) in [7, 11) is -2.57. The zero-order valence-electron chi connectivity index (χ0n) is 13.5. The summed E-state index contributed by atoms with van der Waals surface area (Å²) in [6.07, 6.45) is 0. The van der Waals surface area contributed by atoms with Crippen molar-refractivity contribution in [2.75, 3.05) is 20.2 Å². The average molecular weight is 392 g/mol. The molecule has 0 aliphatic rings. The fourth-order valence-corrected chi connectivity index (χ4v) is 3.06. The van der Waals surface area contributed by atoms with Crippen LogP contribution < -0.4 is 15.4 Å². The van der Waals surface area contributed by atoms with Crippen LogP contribution in [0, 0.1) is 0 Å². The van der Waals surface area contributed by atoms with Crippen molar-refractivity contribution < 1.29 is 27.5 Å². The molecule has 0 aromatic heterocycles. The third-order valence-electron chi connectivity index (χ3n) is 2.86. The van der Waals surface area contributed by atoms with Gasteiger partial charge in [0.1, 0.15) is 6.04 Å². The van der Waals surface area contributed by atoms with Crippen molar-refractivity contribution >= 4 is 39.4 Å². The van der Waals surface area contributed by atoms with Crippen molar-refractivity contribution in [3.05, 3.63) is 29.3 Å². The van der Waals surface area contributed by atoms with Crippen LogP contribution in [0.1, 0.15) is 6.92 Å². The van der Waals surface area contributed by atoms with Crippen LogP contribution in [-0.4, -0.2) is 52.4 Å². The first-order valence-corrected chi connectivity index (χ1v) is 8.93. The summed E-state index contributed by atoms with van der Waals surface area (Å²) in [6, 6.07) is 4.29. The van der Waals surface area contributed by atoms with Gasteiger partial charge < -0.3 is 15.4 Å². The number of sulfonamides is 1. The number of likely N-dealkylation sites (N-methyl/N-ethyl adjacent to an activating group) is 1. The number of amides is 2. The van der Waals surface area contributed by atoms with E-state index in [4.69, 9.17) is 16.3 Å². The van der Waals surface area contributed by atoms with E-state index in [0.717, 1.165) is 0 Å². The highest BCUT2D eigenvalue weighted by molar-refractivity contribution is 7.89. The van der Waals surface area contributed by atoms with Gasteiger partial charge in [0.25, 0.3) is 5.91 Å². The predicted octanol–water partition coefficient (Wildman–Crippen LogP) is -0.588. The summed E-state index contributed by atoms with van der Waals surface area (Å²) in [5.74, 6) is -2.05. The van der Waals surface area contributed by atoms with Gasteiger partial charge in [-0.1, -0.05) is 17.7 Å². The Bertz CT molecular complexity index is 753. The van der Waals surface area contributed by atoms with E-state index in [1.54, 1.807) is 0 Å². The molecule has 0 unspecified atom stereocenters. The molecule has 3 N–H and O–H groups in total. The van der Waals surface area contributed by atoms with Gasteiger partial charge in [-0.15, -0.1) is 0 Å². The quantitative estimate of drug-likeness (QED) is 0.508. The van der Waals surface area contributed by atoms with Crippen LogP contribution in [-0.2, 0) is 29.1 Å². The maximum atomic E-state index is 12.1. The third kappa shape index (κ3) is 7.08. The Kier molecular flexibility index (Phi) is 7.81. The molecule has 0 aliphatic heterocycles. The molecule has 1 aromatic carbocycles. The standard InChI is InChI=1S/C14H18ClN3O6S/c1-9(14(21)24-8-13(20)17-7-12(19)16-2)18-25(22,23)11-5-3-4-10(15)6-11/h3-6,9,18H,7-8H2,1-2H3,(H,16,19)(H,17,20)/t9-/m0/s1. The van der Waals surface area contributed by atoms with Gasteiger partial charge in [-0.2, -0.15) is 4.72 Å². The fraction of sp³-hybridized carbons (Fsp3) is 0.357. The van der Waals surface area contributed by atoms with Gasteiger partial charge in [0.15, 0.2) is 6.61 Å². The van der Waals surface area contributed by atoms with Gasteiger partial charge in [0, 0.05) is 12.1 Å². The largest absolute Gasteiger partial charge is 0.454 e. The van der Waals surface area contributed by atoms with Crippen molar-refractivity contribution in [3.63, 3.8) is 0 Å². The lowest BCUT2D eigenvalue weighted by Gasteiger charge is -2.14. The van der Waals surface area contributed by atoms with E-state index in [2.05, 4.69) is 15.4 Å². The van der Waals surface area contributed by atoms with E-state index in [-0.39, 0.29) is 16.5 Å². The normalized spacial score (nSPS) is 12.1. The second kappa shape index (κ2) is 9.35. The zero-order chi connectivity index (χ0) is 19.0. The van der Waals surface area contributed by atoms with Crippen molar-refractivity contribution in [1.82, 2.24) is 15.4 Å². The lowest BCUT2D eigenvalue weighted by Crippen LogP contribution is -2.42. The molecule has 0 spiro atoms. The molecular weight excluding hydrogens is 374 g/mol. The third-order valence-corrected chi connectivity index (χ3v) is 4.64. The molecule has 1 aromatic rings. The lowest BCUT2D eigenvalue weighted by molar-refractivity contribution is -0.149. The number of esters is 1. The van der Waals surface area contributed by atoms with Gasteiger partial charge in [-0.05, 0) is 25.1 Å². The highest BCUT2D eigenvalue weighted by Gasteiger charge is 2.23. The highest BCUT2D eigenvalue weighted by Crippen LogP contribution is 2.15. The maximum absolute atomic E-state index is 12.1. The molecule has 0 saturated heterocycles. The minimum atomic E-state index is -3.98. The van der Waals surface area contributed by atoms with Gasteiger partial charge in [0.2, 0.25) is 15.9 Å². The van der Waals surface area contributed by atoms with Crippen molar-refractivity contribution in [3.8, 4) is 0 Å². The molecule has 1 rings (SSSR count). The Labute approximate surface area is 150 Å². The molecule has 0 saturated carbocycles. The van der Waals surface area contributed by atoms with E-state index in [9.17, 15) is 22.8 Å². The minimum Gasteiger partial charge on any atom is -0.454 e. The molecule has 0 aliphatic carbocycles. The summed E-state index contributed by atoms with van der Waals surface area (Å²) in [4.78, 5) is 34.0. The highest BCUT2D eigenvalue weighted by atomic mass is 35.5. The Balaban J connectivity index is 2.54. The zero-order valence-corrected chi connectivity index (χ0v) is 15.1. The van der Waals surface area contributed by atoms with Crippen LogP contribution in [0.25, 0.3) is 0 Å². The number of nitrogens with one attached hydrogen (secondary N) is 3. The van der Waals surface area contributed by atoms with E-state index in [1.807, 2.05) is 0 Å². The van der Waals surface area contributed by atoms with Crippen molar-refractivity contribution in [2.45, 2.75) is 17.9 Å². The van der Waals surface area contributed by atoms with Gasteiger partial charge >= 0.3 is 5.97 Å². The summed E-state index contributed by atoms with van der Waals surface area (Å²) < 4.78 is 31.1. The monoisotopic (exact) mass is 391 g/mol. The van der Waals surface area contributed by atoms with E-state index < -0.39 is 40.5 Å². The second-order valence-electron chi connectivity index (χ2n) is 4.86. The molecule has 0 heterocycles. The number of halogens is 1. The first-order valence-electron chi connectivity index (χ1n) is 7.07. The molecule has 11 heteroatoms. The summed E-state index contributed by atoms with van der Waals surface area (Å²) in [5, 5.41) is 4.76. The smallest absolute Gasteiger partial charge is 0.324 e. The first kappa shape index (κ1) is 20.9. The van der Waals surface area contributed by atoms with Gasteiger partial charge in [0.05, 0.1) is 11.4 Å². The SMILES string of the molecule is CNC(=O)CNC(=O)COC(=O)[C@H](C)NS(=O)(=O)c1cccc(Cl)c1. The Morgan fingerprint density at radius 1 is 1.24 bits per heavy atom. The van der Waals surface area contributed by atoms with Gasteiger partial charge in [-0.3, -0.25) is 14.4 Å². The van der Waals surface area contributed by atoms with Crippen molar-refractivity contribution in [2.24, 2.45) is 0 Å². The number of rotatable bonds is 8. The summed E-state index contributed by atoms with van der Waals surface area (Å²) in [5.41, 5.74) is 0. The Morgan fingerprint density at radius 2 is 1.92 bits per heavy atom. The fourth-order valence-electron chi connectivity index (χ4n) is 1.56. The molecule has 138 valence electrons. The topological polar surface area (TPSA) is 131 Å². The number of carbonyl (C=O) groups excluding carboxylic acids is 3. The van der Waals surface area contributed by atoms with Crippen LogP contribution in [0.4, 0.5) is 0 Å². The number of hydrogen-bond donors (Lipinski definition) is 3. The van der Waals surface area contributed by atoms with Crippen LogP contribution in [0.2, 0.25) is 5.02 Å². The minimum absolute atomic E-state index is 0.108. The molecule has 9 nitrogen and oxygen atoms in total. The van der Waals surface area contributed by atoms with Crippen molar-refractivity contribution in [1.29, 1.82) is 0 Å². The number of ether oxygens (including phenoxy) is 1. The Hall–Kier alpha value is -2.17. The lowest BCUT2D eigenvalue weighted by atomic mass is 10.4. The maximum Gasteiger partial charge on any atom is 0.324 e. The summed E-state index contributed by atoms with van der Waals surface area (Å²) in [6.45, 7) is 0.371. The van der Waals surface area contributed by atoms with Crippen LogP contribution >= 0.6 is 11.6 Å². The number of hydrogen-bond acceptors (Lipinski definition) is 6. The number of benzene rings is 1. The van der Waals surface area contributed by atoms with Gasteiger partial charge in [-0.25, -0.2) is 8.42 Å². The van der Waals surface area contributed by atoms with Crippen LogP contribution in [0.15, 0.2) is 29.2 Å². The van der Waals surface area contributed by atoms with E-state index in [0.29, 0.717) is 0 Å². The summed E-state index contributed by atoms with van der Waals surface area (Å²) >= 11 is 5.74. The molecule has 2 amide bonds. The molecule has 25 heavy (non-hydrogen) atoms. The molecule has 1 atom stereocenters. The Morgan fingerprint density at radius 3 is 2.52 bits per heavy atom. The molecule has 0 bridgehead atoms. The molecular formula is C14H18ClN3O6S. The first-order chi connectivity index (χ1) is 11.7. The van der Waals surface area contributed by atoms with E-state index >= 15 is 0 Å². The number of carbonyl (C=O) groups is 3.